The second-order valence-electron chi connectivity index (χ2n) is 1.80. The van der Waals surface area contributed by atoms with Crippen LogP contribution in [0, 0.1) is 0 Å². The van der Waals surface area contributed by atoms with Crippen LogP contribution in [0.25, 0.3) is 0 Å². The van der Waals surface area contributed by atoms with Gasteiger partial charge in [0.2, 0.25) is 0 Å². The first kappa shape index (κ1) is 8.50. The van der Waals surface area contributed by atoms with Gasteiger partial charge in [-0.15, -0.1) is 0 Å². The molecule has 2 nitrogen and oxygen atoms in total. The lowest BCUT2D eigenvalue weighted by atomic mass is 10.3. The standard InChI is InChI=1S/C5H9NO.C2H6/c1-4-3-7-6-5(4)2;1-2/h6H,3H2,1-2H3;1-2H3. The van der Waals surface area contributed by atoms with E-state index in [0.29, 0.717) is 0 Å². The smallest absolute Gasteiger partial charge is 0.0974 e. The van der Waals surface area contributed by atoms with E-state index >= 15 is 0 Å². The van der Waals surface area contributed by atoms with E-state index in [2.05, 4.69) is 12.4 Å². The summed E-state index contributed by atoms with van der Waals surface area (Å²) in [7, 11) is 0. The molecule has 0 radical (unpaired) electrons. The van der Waals surface area contributed by atoms with E-state index in [9.17, 15) is 0 Å². The van der Waals surface area contributed by atoms with Crippen LogP contribution >= 0.6 is 0 Å². The van der Waals surface area contributed by atoms with E-state index in [1.807, 2.05) is 20.8 Å². The fourth-order valence-corrected chi connectivity index (χ4v) is 0.448. The van der Waals surface area contributed by atoms with E-state index in [1.54, 1.807) is 0 Å². The van der Waals surface area contributed by atoms with Gasteiger partial charge in [0.15, 0.2) is 0 Å². The third-order valence-corrected chi connectivity index (χ3v) is 1.15. The first-order chi connectivity index (χ1) is 4.30. The van der Waals surface area contributed by atoms with Crippen molar-refractivity contribution >= 4 is 0 Å². The lowest BCUT2D eigenvalue weighted by molar-refractivity contribution is 0.106. The van der Waals surface area contributed by atoms with Gasteiger partial charge in [-0.25, -0.2) is 0 Å². The van der Waals surface area contributed by atoms with Crippen LogP contribution in [0.5, 0.6) is 0 Å². The lowest BCUT2D eigenvalue weighted by Crippen LogP contribution is -2.01. The normalized spacial score (nSPS) is 16.4. The lowest BCUT2D eigenvalue weighted by Gasteiger charge is -1.89. The average Bonchev–Trinajstić information content (AvgIpc) is 2.23. The van der Waals surface area contributed by atoms with Crippen molar-refractivity contribution in [1.29, 1.82) is 0 Å². The Hall–Kier alpha value is -0.500. The molecule has 0 amide bonds. The van der Waals surface area contributed by atoms with Gasteiger partial charge in [0, 0.05) is 5.70 Å². The molecule has 0 saturated carbocycles. The molecule has 0 spiro atoms. The van der Waals surface area contributed by atoms with Crippen molar-refractivity contribution in [2.75, 3.05) is 6.61 Å². The van der Waals surface area contributed by atoms with Crippen LogP contribution in [0.2, 0.25) is 0 Å². The molecular formula is C7H15NO. The molecule has 0 saturated heterocycles. The van der Waals surface area contributed by atoms with Gasteiger partial charge in [0.1, 0.15) is 0 Å². The molecule has 0 aromatic rings. The highest BCUT2D eigenvalue weighted by Crippen LogP contribution is 2.05. The Labute approximate surface area is 56.9 Å². The van der Waals surface area contributed by atoms with Gasteiger partial charge in [-0.2, -0.15) is 0 Å². The van der Waals surface area contributed by atoms with Crippen LogP contribution in [-0.2, 0) is 4.84 Å². The Bertz CT molecular complexity index is 95.5. The average molecular weight is 129 g/mol. The molecule has 0 aliphatic carbocycles. The van der Waals surface area contributed by atoms with Crippen molar-refractivity contribution in [2.45, 2.75) is 27.7 Å². The molecule has 1 rings (SSSR count). The Morgan fingerprint density at radius 2 is 1.89 bits per heavy atom. The van der Waals surface area contributed by atoms with E-state index < -0.39 is 0 Å². The summed E-state index contributed by atoms with van der Waals surface area (Å²) in [5, 5.41) is 0. The summed E-state index contributed by atoms with van der Waals surface area (Å²) >= 11 is 0. The molecule has 1 aliphatic heterocycles. The van der Waals surface area contributed by atoms with Gasteiger partial charge in [-0.1, -0.05) is 13.8 Å². The predicted molar refractivity (Wildman–Crippen MR) is 38.8 cm³/mol. The third-order valence-electron chi connectivity index (χ3n) is 1.15. The highest BCUT2D eigenvalue weighted by atomic mass is 16.6. The Kier molecular flexibility index (Phi) is 4.14. The van der Waals surface area contributed by atoms with E-state index in [4.69, 9.17) is 4.84 Å². The number of allylic oxidation sites excluding steroid dienone is 1. The number of hydrogen-bond donors (Lipinski definition) is 1. The van der Waals surface area contributed by atoms with Gasteiger partial charge in [-0.05, 0) is 19.4 Å². The maximum atomic E-state index is 4.84. The maximum Gasteiger partial charge on any atom is 0.0974 e. The van der Waals surface area contributed by atoms with E-state index in [0.717, 1.165) is 12.3 Å². The van der Waals surface area contributed by atoms with Crippen molar-refractivity contribution in [1.82, 2.24) is 5.48 Å². The van der Waals surface area contributed by atoms with Crippen LogP contribution in [0.15, 0.2) is 11.3 Å². The van der Waals surface area contributed by atoms with Crippen LogP contribution in [-0.4, -0.2) is 6.61 Å². The van der Waals surface area contributed by atoms with Gasteiger partial charge in [0.05, 0.1) is 6.61 Å². The molecular weight excluding hydrogens is 114 g/mol. The highest BCUT2D eigenvalue weighted by Gasteiger charge is 2.02. The molecule has 0 aromatic carbocycles. The Morgan fingerprint density at radius 3 is 2.00 bits per heavy atom. The zero-order valence-electron chi connectivity index (χ0n) is 6.62. The molecule has 2 heteroatoms. The Balaban J connectivity index is 0.000000291. The number of hydroxylamine groups is 1. The van der Waals surface area contributed by atoms with Gasteiger partial charge < -0.3 is 0 Å². The van der Waals surface area contributed by atoms with Crippen LogP contribution < -0.4 is 5.48 Å². The summed E-state index contributed by atoms with van der Waals surface area (Å²) in [6.45, 7) is 8.80. The van der Waals surface area contributed by atoms with E-state index in [-0.39, 0.29) is 0 Å². The summed E-state index contributed by atoms with van der Waals surface area (Å²) in [6, 6.07) is 0. The topological polar surface area (TPSA) is 21.3 Å². The van der Waals surface area contributed by atoms with Gasteiger partial charge in [0.25, 0.3) is 0 Å². The summed E-state index contributed by atoms with van der Waals surface area (Å²) < 4.78 is 0. The maximum absolute atomic E-state index is 4.84. The Morgan fingerprint density at radius 1 is 1.33 bits per heavy atom. The van der Waals surface area contributed by atoms with Crippen molar-refractivity contribution in [3.8, 4) is 0 Å². The summed E-state index contributed by atoms with van der Waals surface area (Å²) in [5.41, 5.74) is 5.19. The van der Waals surface area contributed by atoms with Crippen molar-refractivity contribution in [3.63, 3.8) is 0 Å². The van der Waals surface area contributed by atoms with Crippen molar-refractivity contribution in [2.24, 2.45) is 0 Å². The van der Waals surface area contributed by atoms with Crippen LogP contribution in [0.1, 0.15) is 27.7 Å². The second-order valence-corrected chi connectivity index (χ2v) is 1.80. The molecule has 0 fully saturated rings. The predicted octanol–water partition coefficient (Wildman–Crippen LogP) is 1.84. The molecule has 1 aliphatic rings. The number of nitrogens with one attached hydrogen (secondary N) is 1. The van der Waals surface area contributed by atoms with Crippen molar-refractivity contribution in [3.05, 3.63) is 11.3 Å². The minimum absolute atomic E-state index is 0.742. The van der Waals surface area contributed by atoms with Gasteiger partial charge >= 0.3 is 0 Å². The molecule has 54 valence electrons. The van der Waals surface area contributed by atoms with E-state index in [1.165, 1.54) is 5.57 Å². The largest absolute Gasteiger partial charge is 0.272 e. The molecule has 0 atom stereocenters. The van der Waals surface area contributed by atoms with Crippen LogP contribution in [0.4, 0.5) is 0 Å². The molecule has 0 aromatic heterocycles. The molecule has 1 heterocycles. The summed E-state index contributed by atoms with van der Waals surface area (Å²) in [5.74, 6) is 0. The SMILES string of the molecule is CC.CC1=C(C)NOC1. The zero-order chi connectivity index (χ0) is 7.28. The van der Waals surface area contributed by atoms with Crippen molar-refractivity contribution < 1.29 is 4.84 Å². The zero-order valence-corrected chi connectivity index (χ0v) is 6.62. The minimum atomic E-state index is 0.742. The minimum Gasteiger partial charge on any atom is -0.272 e. The summed E-state index contributed by atoms with van der Waals surface area (Å²) in [4.78, 5) is 4.84. The molecule has 0 bridgehead atoms. The molecule has 0 unspecified atom stereocenters. The number of rotatable bonds is 0. The fourth-order valence-electron chi connectivity index (χ4n) is 0.448. The third kappa shape index (κ3) is 2.51. The first-order valence-corrected chi connectivity index (χ1v) is 3.35. The first-order valence-electron chi connectivity index (χ1n) is 3.35. The molecule has 1 N–H and O–H groups in total. The highest BCUT2D eigenvalue weighted by molar-refractivity contribution is 5.09. The van der Waals surface area contributed by atoms with Gasteiger partial charge in [-0.3, -0.25) is 10.3 Å². The molecule has 9 heavy (non-hydrogen) atoms. The number of hydrogen-bond acceptors (Lipinski definition) is 2. The van der Waals surface area contributed by atoms with Crippen LogP contribution in [0.3, 0.4) is 0 Å². The summed E-state index contributed by atoms with van der Waals surface area (Å²) in [6.07, 6.45) is 0. The second kappa shape index (κ2) is 4.39. The fraction of sp³-hybridized carbons (Fsp3) is 0.714. The monoisotopic (exact) mass is 129 g/mol. The quantitative estimate of drug-likeness (QED) is 0.539.